The lowest BCUT2D eigenvalue weighted by molar-refractivity contribution is 0.416. The Morgan fingerprint density at radius 3 is 2.94 bits per heavy atom. The maximum atomic E-state index is 5.96. The Morgan fingerprint density at radius 2 is 2.24 bits per heavy atom. The van der Waals surface area contributed by atoms with Crippen molar-refractivity contribution in [3.8, 4) is 5.75 Å². The summed E-state index contributed by atoms with van der Waals surface area (Å²) in [5, 5.41) is 8.31. The van der Waals surface area contributed by atoms with Crippen LogP contribution in [0.1, 0.15) is 5.56 Å². The van der Waals surface area contributed by atoms with Crippen LogP contribution in [0.2, 0.25) is 5.02 Å². The second-order valence-electron chi connectivity index (χ2n) is 3.65. The van der Waals surface area contributed by atoms with Gasteiger partial charge in [0.05, 0.1) is 12.8 Å². The van der Waals surface area contributed by atoms with Gasteiger partial charge in [0.15, 0.2) is 0 Å². The van der Waals surface area contributed by atoms with Gasteiger partial charge in [0.2, 0.25) is 0 Å². The zero-order valence-corrected chi connectivity index (χ0v) is 11.1. The minimum Gasteiger partial charge on any atom is -0.495 e. The third-order valence-electron chi connectivity index (χ3n) is 2.47. The molecule has 1 N–H and O–H groups in total. The van der Waals surface area contributed by atoms with Crippen molar-refractivity contribution in [3.05, 3.63) is 45.6 Å². The fourth-order valence-corrected chi connectivity index (χ4v) is 2.47. The van der Waals surface area contributed by atoms with Crippen LogP contribution < -0.4 is 10.1 Å². The Bertz CT molecular complexity index is 470. The number of ether oxygens (including phenoxy) is 1. The summed E-state index contributed by atoms with van der Waals surface area (Å²) >= 11 is 7.68. The molecular formula is C13H14ClNOS. The van der Waals surface area contributed by atoms with Crippen LogP contribution in [0.4, 0.5) is 5.69 Å². The highest BCUT2D eigenvalue weighted by Crippen LogP contribution is 2.27. The van der Waals surface area contributed by atoms with Crippen molar-refractivity contribution >= 4 is 28.6 Å². The molecule has 0 saturated heterocycles. The maximum Gasteiger partial charge on any atom is 0.142 e. The van der Waals surface area contributed by atoms with Crippen LogP contribution in [0.5, 0.6) is 5.75 Å². The van der Waals surface area contributed by atoms with Gasteiger partial charge in [-0.1, -0.05) is 11.6 Å². The first-order valence-corrected chi connectivity index (χ1v) is 6.70. The van der Waals surface area contributed by atoms with Crippen LogP contribution in [0, 0.1) is 0 Å². The molecule has 0 spiro atoms. The van der Waals surface area contributed by atoms with E-state index in [-0.39, 0.29) is 0 Å². The number of hydrogen-bond acceptors (Lipinski definition) is 3. The molecule has 17 heavy (non-hydrogen) atoms. The monoisotopic (exact) mass is 267 g/mol. The SMILES string of the molecule is COc1ccc(Cl)cc1NCCc1ccsc1. The first kappa shape index (κ1) is 12.3. The average molecular weight is 268 g/mol. The molecule has 0 unspecified atom stereocenters. The lowest BCUT2D eigenvalue weighted by Gasteiger charge is -2.11. The number of methoxy groups -OCH3 is 1. The summed E-state index contributed by atoms with van der Waals surface area (Å²) in [6, 6.07) is 7.72. The normalized spacial score (nSPS) is 10.2. The van der Waals surface area contributed by atoms with E-state index in [1.54, 1.807) is 18.4 Å². The Morgan fingerprint density at radius 1 is 1.35 bits per heavy atom. The number of nitrogens with one attached hydrogen (secondary N) is 1. The number of rotatable bonds is 5. The highest BCUT2D eigenvalue weighted by atomic mass is 35.5. The van der Waals surface area contributed by atoms with Gasteiger partial charge >= 0.3 is 0 Å². The third kappa shape index (κ3) is 3.38. The molecule has 1 heterocycles. The van der Waals surface area contributed by atoms with Crippen molar-refractivity contribution in [2.75, 3.05) is 19.0 Å². The smallest absolute Gasteiger partial charge is 0.142 e. The molecule has 2 nitrogen and oxygen atoms in total. The van der Waals surface area contributed by atoms with E-state index in [1.165, 1.54) is 5.56 Å². The average Bonchev–Trinajstić information content (AvgIpc) is 2.82. The summed E-state index contributed by atoms with van der Waals surface area (Å²) < 4.78 is 5.27. The molecule has 1 aromatic heterocycles. The van der Waals surface area contributed by atoms with Crippen LogP contribution in [-0.4, -0.2) is 13.7 Å². The van der Waals surface area contributed by atoms with Gasteiger partial charge < -0.3 is 10.1 Å². The van der Waals surface area contributed by atoms with E-state index in [4.69, 9.17) is 16.3 Å². The van der Waals surface area contributed by atoms with Crippen molar-refractivity contribution in [2.45, 2.75) is 6.42 Å². The number of halogens is 1. The molecule has 90 valence electrons. The standard InChI is InChI=1S/C13H14ClNOS/c1-16-13-3-2-11(14)8-12(13)15-6-4-10-5-7-17-9-10/h2-3,5,7-9,15H,4,6H2,1H3. The molecule has 2 rings (SSSR count). The van der Waals surface area contributed by atoms with Crippen LogP contribution >= 0.6 is 22.9 Å². The van der Waals surface area contributed by atoms with Gasteiger partial charge in [-0.15, -0.1) is 0 Å². The van der Waals surface area contributed by atoms with Crippen molar-refractivity contribution in [1.82, 2.24) is 0 Å². The van der Waals surface area contributed by atoms with Crippen molar-refractivity contribution < 1.29 is 4.74 Å². The minimum atomic E-state index is 0.712. The van der Waals surface area contributed by atoms with Gasteiger partial charge in [0.25, 0.3) is 0 Å². The zero-order chi connectivity index (χ0) is 12.1. The summed E-state index contributed by atoms with van der Waals surface area (Å²) in [5.41, 5.74) is 2.29. The number of anilines is 1. The third-order valence-corrected chi connectivity index (χ3v) is 3.44. The van der Waals surface area contributed by atoms with E-state index in [0.717, 1.165) is 24.4 Å². The van der Waals surface area contributed by atoms with Gasteiger partial charge in [-0.3, -0.25) is 0 Å². The van der Waals surface area contributed by atoms with Crippen LogP contribution in [0.15, 0.2) is 35.0 Å². The van der Waals surface area contributed by atoms with Gasteiger partial charge in [0.1, 0.15) is 5.75 Å². The molecule has 0 radical (unpaired) electrons. The fourth-order valence-electron chi connectivity index (χ4n) is 1.59. The fraction of sp³-hybridized carbons (Fsp3) is 0.231. The topological polar surface area (TPSA) is 21.3 Å². The van der Waals surface area contributed by atoms with E-state index < -0.39 is 0 Å². The molecular weight excluding hydrogens is 254 g/mol. The predicted octanol–water partition coefficient (Wildman–Crippen LogP) is 4.06. The van der Waals surface area contributed by atoms with Crippen LogP contribution in [0.3, 0.4) is 0 Å². The van der Waals surface area contributed by atoms with Crippen LogP contribution in [-0.2, 0) is 6.42 Å². The number of thiophene rings is 1. The molecule has 0 fully saturated rings. The minimum absolute atomic E-state index is 0.712. The van der Waals surface area contributed by atoms with Crippen LogP contribution in [0.25, 0.3) is 0 Å². The summed E-state index contributed by atoms with van der Waals surface area (Å²) in [6.07, 6.45) is 0.999. The Kier molecular flexibility index (Phi) is 4.29. The molecule has 2 aromatic rings. The molecule has 1 aromatic carbocycles. The van der Waals surface area contributed by atoms with E-state index in [2.05, 4.69) is 22.1 Å². The lowest BCUT2D eigenvalue weighted by atomic mass is 10.2. The maximum absolute atomic E-state index is 5.96. The second-order valence-corrected chi connectivity index (χ2v) is 4.87. The second kappa shape index (κ2) is 5.94. The Hall–Kier alpha value is -1.19. The quantitative estimate of drug-likeness (QED) is 0.882. The van der Waals surface area contributed by atoms with Gasteiger partial charge in [-0.25, -0.2) is 0 Å². The molecule has 0 bridgehead atoms. The largest absolute Gasteiger partial charge is 0.495 e. The van der Waals surface area contributed by atoms with Gasteiger partial charge in [0, 0.05) is 11.6 Å². The summed E-state index contributed by atoms with van der Waals surface area (Å²) in [7, 11) is 1.66. The first-order chi connectivity index (χ1) is 8.29. The predicted molar refractivity (Wildman–Crippen MR) is 74.5 cm³/mol. The van der Waals surface area contributed by atoms with Gasteiger partial charge in [-0.2, -0.15) is 11.3 Å². The van der Waals surface area contributed by atoms with E-state index in [1.807, 2.05) is 18.2 Å². The molecule has 4 heteroatoms. The summed E-state index contributed by atoms with van der Waals surface area (Å²) in [5.74, 6) is 0.819. The molecule has 0 amide bonds. The van der Waals surface area contributed by atoms with Gasteiger partial charge in [-0.05, 0) is 47.0 Å². The lowest BCUT2D eigenvalue weighted by Crippen LogP contribution is -2.05. The van der Waals surface area contributed by atoms with Crippen molar-refractivity contribution in [1.29, 1.82) is 0 Å². The summed E-state index contributed by atoms with van der Waals surface area (Å²) in [4.78, 5) is 0. The van der Waals surface area contributed by atoms with E-state index >= 15 is 0 Å². The zero-order valence-electron chi connectivity index (χ0n) is 9.57. The molecule has 0 aliphatic rings. The highest BCUT2D eigenvalue weighted by molar-refractivity contribution is 7.07. The Balaban J connectivity index is 1.96. The van der Waals surface area contributed by atoms with E-state index in [0.29, 0.717) is 5.02 Å². The van der Waals surface area contributed by atoms with Crippen molar-refractivity contribution in [2.24, 2.45) is 0 Å². The molecule has 0 saturated carbocycles. The Labute approximate surface area is 110 Å². The number of hydrogen-bond donors (Lipinski definition) is 1. The summed E-state index contributed by atoms with van der Waals surface area (Å²) in [6.45, 7) is 0.868. The van der Waals surface area contributed by atoms with Crippen molar-refractivity contribution in [3.63, 3.8) is 0 Å². The molecule has 0 aliphatic heterocycles. The number of benzene rings is 1. The first-order valence-electron chi connectivity index (χ1n) is 5.38. The van der Waals surface area contributed by atoms with E-state index in [9.17, 15) is 0 Å². The molecule has 0 aliphatic carbocycles. The molecule has 0 atom stereocenters. The highest BCUT2D eigenvalue weighted by Gasteiger charge is 2.03.